The Morgan fingerprint density at radius 2 is 1.46 bits per heavy atom. The highest BCUT2D eigenvalue weighted by Crippen LogP contribution is 2.49. The van der Waals surface area contributed by atoms with Gasteiger partial charge in [-0.2, -0.15) is 0 Å². The second-order valence-corrected chi connectivity index (χ2v) is 5.36. The van der Waals surface area contributed by atoms with Gasteiger partial charge in [0.25, 0.3) is 0 Å². The van der Waals surface area contributed by atoms with Gasteiger partial charge in [-0.1, -0.05) is 0 Å². The number of aromatic hydroxyl groups is 1. The average molecular weight is 358 g/mol. The van der Waals surface area contributed by atoms with Crippen molar-refractivity contribution < 1.29 is 28.5 Å². The molecule has 0 amide bonds. The van der Waals surface area contributed by atoms with Crippen molar-refractivity contribution in [3.8, 4) is 40.1 Å². The van der Waals surface area contributed by atoms with Crippen LogP contribution in [0, 0.1) is 0 Å². The molecule has 0 spiro atoms. The molecule has 0 unspecified atom stereocenters. The summed E-state index contributed by atoms with van der Waals surface area (Å²) in [6.07, 6.45) is 0. The van der Waals surface area contributed by atoms with Crippen LogP contribution in [0.3, 0.4) is 0 Å². The molecule has 3 aromatic rings. The lowest BCUT2D eigenvalue weighted by molar-refractivity contribution is 0.317. The Labute approximate surface area is 149 Å². The third-order valence-electron chi connectivity index (χ3n) is 4.00. The molecule has 0 saturated heterocycles. The summed E-state index contributed by atoms with van der Waals surface area (Å²) in [6, 6.07) is 8.39. The van der Waals surface area contributed by atoms with Crippen LogP contribution >= 0.6 is 0 Å². The first-order valence-electron chi connectivity index (χ1n) is 7.68. The highest BCUT2D eigenvalue weighted by Gasteiger charge is 2.26. The molecule has 3 rings (SSSR count). The summed E-state index contributed by atoms with van der Waals surface area (Å²) in [7, 11) is 5.68. The molecule has 0 bridgehead atoms. The second kappa shape index (κ2) is 6.87. The fourth-order valence-corrected chi connectivity index (χ4v) is 2.77. The first-order valence-corrected chi connectivity index (χ1v) is 7.68. The van der Waals surface area contributed by atoms with Gasteiger partial charge < -0.3 is 28.5 Å². The zero-order valence-corrected chi connectivity index (χ0v) is 14.8. The van der Waals surface area contributed by atoms with Gasteiger partial charge >= 0.3 is 0 Å². The molecule has 0 atom stereocenters. The molecular formula is C19H18O7. The van der Waals surface area contributed by atoms with Crippen LogP contribution in [0.25, 0.3) is 22.3 Å². The van der Waals surface area contributed by atoms with E-state index in [1.165, 1.54) is 27.4 Å². The van der Waals surface area contributed by atoms with Crippen molar-refractivity contribution in [3.05, 3.63) is 40.6 Å². The fraction of sp³-hybridized carbons (Fsp3) is 0.211. The Bertz CT molecular complexity index is 1000. The Morgan fingerprint density at radius 3 is 2.00 bits per heavy atom. The second-order valence-electron chi connectivity index (χ2n) is 5.36. The van der Waals surface area contributed by atoms with Gasteiger partial charge in [-0.05, 0) is 24.3 Å². The van der Waals surface area contributed by atoms with E-state index < -0.39 is 0 Å². The van der Waals surface area contributed by atoms with Gasteiger partial charge in [0, 0.05) is 11.6 Å². The van der Waals surface area contributed by atoms with E-state index in [4.69, 9.17) is 23.4 Å². The third-order valence-corrected chi connectivity index (χ3v) is 4.00. The Hall–Kier alpha value is -3.35. The molecular weight excluding hydrogens is 340 g/mol. The van der Waals surface area contributed by atoms with Crippen molar-refractivity contribution in [2.24, 2.45) is 0 Å². The number of hydrogen-bond donors (Lipinski definition) is 1. The molecule has 136 valence electrons. The SMILES string of the molecule is COc1ccc(-c2cc(=O)c3c(OC)c(O)c(OC)c(OC)c3o2)cc1. The smallest absolute Gasteiger partial charge is 0.211 e. The van der Waals surface area contributed by atoms with Crippen molar-refractivity contribution >= 4 is 11.0 Å². The topological polar surface area (TPSA) is 87.4 Å². The largest absolute Gasteiger partial charge is 0.502 e. The summed E-state index contributed by atoms with van der Waals surface area (Å²) in [5.41, 5.74) is 0.417. The molecule has 0 aliphatic rings. The molecule has 0 fully saturated rings. The number of phenols is 1. The number of fused-ring (bicyclic) bond motifs is 1. The van der Waals surface area contributed by atoms with Gasteiger partial charge in [0.15, 0.2) is 16.8 Å². The molecule has 2 aromatic carbocycles. The zero-order valence-electron chi connectivity index (χ0n) is 14.8. The highest BCUT2D eigenvalue weighted by atomic mass is 16.5. The van der Waals surface area contributed by atoms with Crippen LogP contribution in [0.4, 0.5) is 0 Å². The lowest BCUT2D eigenvalue weighted by Crippen LogP contribution is -2.05. The van der Waals surface area contributed by atoms with Crippen molar-refractivity contribution in [3.63, 3.8) is 0 Å². The van der Waals surface area contributed by atoms with Gasteiger partial charge in [-0.15, -0.1) is 0 Å². The van der Waals surface area contributed by atoms with E-state index in [2.05, 4.69) is 0 Å². The predicted octanol–water partition coefficient (Wildman–Crippen LogP) is 3.20. The van der Waals surface area contributed by atoms with Crippen LogP contribution in [0.2, 0.25) is 0 Å². The number of benzene rings is 2. The van der Waals surface area contributed by atoms with E-state index in [0.29, 0.717) is 17.1 Å². The predicted molar refractivity (Wildman–Crippen MR) is 95.8 cm³/mol. The van der Waals surface area contributed by atoms with Crippen molar-refractivity contribution in [2.75, 3.05) is 28.4 Å². The molecule has 7 nitrogen and oxygen atoms in total. The lowest BCUT2D eigenvalue weighted by Gasteiger charge is -2.15. The van der Waals surface area contributed by atoms with Crippen LogP contribution in [0.15, 0.2) is 39.5 Å². The maximum Gasteiger partial charge on any atom is 0.211 e. The maximum absolute atomic E-state index is 12.7. The van der Waals surface area contributed by atoms with E-state index in [1.54, 1.807) is 31.4 Å². The van der Waals surface area contributed by atoms with E-state index in [9.17, 15) is 9.90 Å². The van der Waals surface area contributed by atoms with Gasteiger partial charge in [-0.3, -0.25) is 4.79 Å². The number of phenolic OH excluding ortho intramolecular Hbond substituents is 1. The van der Waals surface area contributed by atoms with E-state index in [-0.39, 0.29) is 39.4 Å². The molecule has 1 aromatic heterocycles. The van der Waals surface area contributed by atoms with Crippen LogP contribution in [0.1, 0.15) is 0 Å². The summed E-state index contributed by atoms with van der Waals surface area (Å²) in [4.78, 5) is 12.7. The minimum Gasteiger partial charge on any atom is -0.502 e. The van der Waals surface area contributed by atoms with Crippen LogP contribution in [-0.4, -0.2) is 33.5 Å². The summed E-state index contributed by atoms with van der Waals surface area (Å²) < 4.78 is 26.8. The van der Waals surface area contributed by atoms with E-state index in [1.807, 2.05) is 0 Å². The standard InChI is InChI=1S/C19H18O7/c1-22-11-7-5-10(6-8-11)13-9-12(20)14-16(23-2)15(21)18(24-3)19(25-4)17(14)26-13/h5-9,21H,1-4H3. The number of rotatable bonds is 5. The van der Waals surface area contributed by atoms with Gasteiger partial charge in [-0.25, -0.2) is 0 Å². The molecule has 0 radical (unpaired) electrons. The monoisotopic (exact) mass is 358 g/mol. The molecule has 7 heteroatoms. The molecule has 1 N–H and O–H groups in total. The number of methoxy groups -OCH3 is 4. The van der Waals surface area contributed by atoms with Gasteiger partial charge in [0.05, 0.1) is 28.4 Å². The molecule has 1 heterocycles. The summed E-state index contributed by atoms with van der Waals surface area (Å²) in [6.45, 7) is 0. The third kappa shape index (κ3) is 2.67. The van der Waals surface area contributed by atoms with Crippen molar-refractivity contribution in [2.45, 2.75) is 0 Å². The van der Waals surface area contributed by atoms with E-state index in [0.717, 1.165) is 0 Å². The lowest BCUT2D eigenvalue weighted by atomic mass is 10.1. The zero-order chi connectivity index (χ0) is 18.8. The number of ether oxygens (including phenoxy) is 4. The number of hydrogen-bond acceptors (Lipinski definition) is 7. The minimum absolute atomic E-state index is 0.0203. The fourth-order valence-electron chi connectivity index (χ4n) is 2.77. The van der Waals surface area contributed by atoms with Crippen LogP contribution in [0.5, 0.6) is 28.7 Å². The van der Waals surface area contributed by atoms with Gasteiger partial charge in [0.1, 0.15) is 16.9 Å². The maximum atomic E-state index is 12.7. The van der Waals surface area contributed by atoms with Gasteiger partial charge in [0.2, 0.25) is 17.2 Å². The summed E-state index contributed by atoms with van der Waals surface area (Å²) in [5, 5.41) is 10.4. The summed E-state index contributed by atoms with van der Waals surface area (Å²) >= 11 is 0. The molecule has 0 aliphatic heterocycles. The van der Waals surface area contributed by atoms with Crippen LogP contribution < -0.4 is 24.4 Å². The first-order chi connectivity index (χ1) is 12.5. The molecule has 0 aliphatic carbocycles. The quantitative estimate of drug-likeness (QED) is 0.749. The Balaban J connectivity index is 2.36. The summed E-state index contributed by atoms with van der Waals surface area (Å²) in [5.74, 6) is 0.776. The van der Waals surface area contributed by atoms with Crippen molar-refractivity contribution in [1.82, 2.24) is 0 Å². The molecule has 0 saturated carbocycles. The average Bonchev–Trinajstić information content (AvgIpc) is 2.67. The normalized spacial score (nSPS) is 10.6. The Kier molecular flexibility index (Phi) is 4.62. The van der Waals surface area contributed by atoms with Crippen molar-refractivity contribution in [1.29, 1.82) is 0 Å². The minimum atomic E-state index is -0.384. The van der Waals surface area contributed by atoms with E-state index >= 15 is 0 Å². The highest BCUT2D eigenvalue weighted by molar-refractivity contribution is 5.95. The first kappa shape index (κ1) is 17.5. The molecule has 26 heavy (non-hydrogen) atoms. The van der Waals surface area contributed by atoms with Crippen LogP contribution in [-0.2, 0) is 0 Å². The Morgan fingerprint density at radius 1 is 0.846 bits per heavy atom.